The number of rotatable bonds is 6. The number of phenolic OH excluding ortho intramolecular Hbond substituents is 1. The summed E-state index contributed by atoms with van der Waals surface area (Å²) >= 11 is 0. The van der Waals surface area contributed by atoms with Gasteiger partial charge in [0.1, 0.15) is 11.7 Å². The Balaban J connectivity index is 1.83. The predicted molar refractivity (Wildman–Crippen MR) is 129 cm³/mol. The standard InChI is InChI=1S/C26H35N3O7/c1-5-29(6-2)11-12-7-8-16(30)18-14(12)9-13-10-15-20(28(3)4)22(32)19(25(27)35)24(34)26(15,36)23(33)17(13)21(18)31/h7-8,13,15,17,19-20,22,30,32,36H,5-6,9-11H2,1-4H3,(H2,27,35)/t13-,15-,17?,19?,20?,22?,26-/m1/s1. The summed E-state index contributed by atoms with van der Waals surface area (Å²) in [5, 5.41) is 33.2. The second kappa shape index (κ2) is 9.33. The molecule has 3 aliphatic rings. The van der Waals surface area contributed by atoms with Gasteiger partial charge in [-0.25, -0.2) is 0 Å². The molecule has 5 N–H and O–H groups in total. The quantitative estimate of drug-likeness (QED) is 0.377. The van der Waals surface area contributed by atoms with Crippen molar-refractivity contribution in [3.05, 3.63) is 28.8 Å². The van der Waals surface area contributed by atoms with E-state index in [9.17, 15) is 34.5 Å². The van der Waals surface area contributed by atoms with Gasteiger partial charge < -0.3 is 26.0 Å². The van der Waals surface area contributed by atoms with Gasteiger partial charge in [-0.15, -0.1) is 0 Å². The van der Waals surface area contributed by atoms with Crippen LogP contribution in [-0.2, 0) is 27.3 Å². The van der Waals surface area contributed by atoms with Crippen LogP contribution in [-0.4, -0.2) is 93.3 Å². The number of hydrogen-bond acceptors (Lipinski definition) is 9. The number of hydrogen-bond donors (Lipinski definition) is 4. The van der Waals surface area contributed by atoms with Gasteiger partial charge in [0.25, 0.3) is 0 Å². The number of aliphatic hydroxyl groups is 2. The van der Waals surface area contributed by atoms with Crippen LogP contribution in [0.5, 0.6) is 5.75 Å². The summed E-state index contributed by atoms with van der Waals surface area (Å²) in [6.07, 6.45) is -1.10. The molecule has 0 spiro atoms. The molecule has 0 saturated heterocycles. The molecule has 0 heterocycles. The van der Waals surface area contributed by atoms with Crippen LogP contribution < -0.4 is 5.73 Å². The molecule has 2 saturated carbocycles. The van der Waals surface area contributed by atoms with E-state index in [-0.39, 0.29) is 17.7 Å². The fraction of sp³-hybridized carbons (Fsp3) is 0.615. The molecule has 1 aromatic carbocycles. The number of likely N-dealkylation sites (N-methyl/N-ethyl adjacent to an activating group) is 1. The Bertz CT molecular complexity index is 1120. The first-order valence-electron chi connectivity index (χ1n) is 12.4. The first kappa shape index (κ1) is 26.4. The number of nitrogens with two attached hydrogens (primary N) is 1. The van der Waals surface area contributed by atoms with Gasteiger partial charge in [-0.05, 0) is 63.1 Å². The number of aliphatic hydroxyl groups excluding tert-OH is 1. The molecule has 0 aliphatic heterocycles. The van der Waals surface area contributed by atoms with E-state index in [1.165, 1.54) is 6.07 Å². The molecule has 4 rings (SSSR count). The van der Waals surface area contributed by atoms with Crippen LogP contribution in [0.15, 0.2) is 12.1 Å². The van der Waals surface area contributed by atoms with E-state index < -0.39 is 64.7 Å². The van der Waals surface area contributed by atoms with Crippen molar-refractivity contribution in [2.75, 3.05) is 27.2 Å². The highest BCUT2D eigenvalue weighted by Crippen LogP contribution is 2.51. The maximum Gasteiger partial charge on any atom is 0.230 e. The van der Waals surface area contributed by atoms with Gasteiger partial charge in [-0.1, -0.05) is 19.9 Å². The molecule has 196 valence electrons. The number of fused-ring (bicyclic) bond motifs is 3. The van der Waals surface area contributed by atoms with E-state index in [2.05, 4.69) is 4.90 Å². The molecule has 0 aromatic heterocycles. The second-order valence-corrected chi connectivity index (χ2v) is 10.5. The molecule has 10 heteroatoms. The van der Waals surface area contributed by atoms with Crippen molar-refractivity contribution in [1.29, 1.82) is 0 Å². The number of carbonyl (C=O) groups is 4. The van der Waals surface area contributed by atoms with Crippen LogP contribution >= 0.6 is 0 Å². The Labute approximate surface area is 210 Å². The highest BCUT2D eigenvalue weighted by Gasteiger charge is 2.69. The third-order valence-corrected chi connectivity index (χ3v) is 8.56. The molecule has 3 aliphatic carbocycles. The average Bonchev–Trinajstić information content (AvgIpc) is 2.80. The zero-order valence-corrected chi connectivity index (χ0v) is 21.1. The van der Waals surface area contributed by atoms with Crippen molar-refractivity contribution in [1.82, 2.24) is 9.80 Å². The molecule has 2 fully saturated rings. The van der Waals surface area contributed by atoms with Crippen molar-refractivity contribution in [2.45, 2.75) is 51.0 Å². The SMILES string of the molecule is CCN(CC)Cc1ccc(O)c2c1C[C@@H]1C[C@@H]3C(N(C)C)C(O)C(C(N)=O)C(=O)[C@]3(O)C(=O)C1C2=O. The van der Waals surface area contributed by atoms with E-state index in [4.69, 9.17) is 5.73 Å². The van der Waals surface area contributed by atoms with Gasteiger partial charge in [0, 0.05) is 18.5 Å². The van der Waals surface area contributed by atoms with E-state index in [0.717, 1.165) is 18.7 Å². The normalized spacial score (nSPS) is 33.9. The van der Waals surface area contributed by atoms with Gasteiger partial charge in [0.05, 0.1) is 17.6 Å². The van der Waals surface area contributed by atoms with Crippen molar-refractivity contribution in [3.63, 3.8) is 0 Å². The van der Waals surface area contributed by atoms with Crippen LogP contribution in [0, 0.1) is 23.7 Å². The third kappa shape index (κ3) is 3.70. The largest absolute Gasteiger partial charge is 0.507 e. The van der Waals surface area contributed by atoms with Crippen LogP contribution in [0.4, 0.5) is 0 Å². The summed E-state index contributed by atoms with van der Waals surface area (Å²) in [5.74, 6) is -8.85. The number of Topliss-reactive ketones (excluding diaryl/α,β-unsaturated/α-hetero) is 3. The maximum absolute atomic E-state index is 13.8. The highest BCUT2D eigenvalue weighted by atomic mass is 16.3. The summed E-state index contributed by atoms with van der Waals surface area (Å²) in [5.41, 5.74) is 4.35. The number of carbonyl (C=O) groups excluding carboxylic acids is 4. The first-order valence-corrected chi connectivity index (χ1v) is 12.4. The number of phenols is 1. The lowest BCUT2D eigenvalue weighted by Gasteiger charge is -2.54. The minimum atomic E-state index is -2.64. The van der Waals surface area contributed by atoms with Crippen LogP contribution in [0.25, 0.3) is 0 Å². The smallest absolute Gasteiger partial charge is 0.230 e. The third-order valence-electron chi connectivity index (χ3n) is 8.56. The summed E-state index contributed by atoms with van der Waals surface area (Å²) in [6, 6.07) is 2.31. The number of nitrogens with zero attached hydrogens (tertiary/aromatic N) is 2. The Kier molecular flexibility index (Phi) is 6.85. The van der Waals surface area contributed by atoms with Gasteiger partial charge in [-0.3, -0.25) is 24.1 Å². The van der Waals surface area contributed by atoms with Gasteiger partial charge in [-0.2, -0.15) is 0 Å². The Morgan fingerprint density at radius 3 is 2.33 bits per heavy atom. The predicted octanol–water partition coefficient (Wildman–Crippen LogP) is -0.499. The summed E-state index contributed by atoms with van der Waals surface area (Å²) in [4.78, 5) is 56.7. The van der Waals surface area contributed by atoms with Gasteiger partial charge in [0.15, 0.2) is 23.0 Å². The number of ketones is 3. The number of amides is 1. The lowest BCUT2D eigenvalue weighted by Crippen LogP contribution is -2.75. The molecular weight excluding hydrogens is 466 g/mol. The minimum absolute atomic E-state index is 0.0511. The summed E-state index contributed by atoms with van der Waals surface area (Å²) < 4.78 is 0. The maximum atomic E-state index is 13.8. The van der Waals surface area contributed by atoms with Crippen molar-refractivity contribution in [3.8, 4) is 5.75 Å². The number of aromatic hydroxyl groups is 1. The summed E-state index contributed by atoms with van der Waals surface area (Å²) in [7, 11) is 3.25. The highest BCUT2D eigenvalue weighted by molar-refractivity contribution is 6.25. The molecule has 1 amide bonds. The monoisotopic (exact) mass is 501 g/mol. The summed E-state index contributed by atoms with van der Waals surface area (Å²) in [6.45, 7) is 6.23. The Morgan fingerprint density at radius 2 is 1.78 bits per heavy atom. The molecule has 1 aromatic rings. The average molecular weight is 502 g/mol. The lowest BCUT2D eigenvalue weighted by atomic mass is 9.52. The van der Waals surface area contributed by atoms with Crippen molar-refractivity contribution < 1.29 is 34.5 Å². The van der Waals surface area contributed by atoms with E-state index in [1.807, 2.05) is 13.8 Å². The fourth-order valence-corrected chi connectivity index (χ4v) is 6.72. The van der Waals surface area contributed by atoms with Gasteiger partial charge in [0.2, 0.25) is 5.91 Å². The molecule has 36 heavy (non-hydrogen) atoms. The van der Waals surface area contributed by atoms with Crippen molar-refractivity contribution >= 4 is 23.3 Å². The zero-order chi connectivity index (χ0) is 26.7. The fourth-order valence-electron chi connectivity index (χ4n) is 6.72. The number of primary amides is 1. The number of benzene rings is 1. The first-order chi connectivity index (χ1) is 16.9. The lowest BCUT2D eigenvalue weighted by molar-refractivity contribution is -0.190. The van der Waals surface area contributed by atoms with E-state index in [0.29, 0.717) is 18.5 Å². The molecule has 0 radical (unpaired) electrons. The minimum Gasteiger partial charge on any atom is -0.507 e. The molecule has 10 nitrogen and oxygen atoms in total. The van der Waals surface area contributed by atoms with Crippen LogP contribution in [0.3, 0.4) is 0 Å². The molecular formula is C26H35N3O7. The Morgan fingerprint density at radius 1 is 1.14 bits per heavy atom. The zero-order valence-electron chi connectivity index (χ0n) is 21.1. The second-order valence-electron chi connectivity index (χ2n) is 10.5. The molecule has 0 bridgehead atoms. The van der Waals surface area contributed by atoms with Crippen LogP contribution in [0.1, 0.15) is 41.8 Å². The van der Waals surface area contributed by atoms with E-state index >= 15 is 0 Å². The van der Waals surface area contributed by atoms with E-state index in [1.54, 1.807) is 25.1 Å². The van der Waals surface area contributed by atoms with Crippen LogP contribution in [0.2, 0.25) is 0 Å². The van der Waals surface area contributed by atoms with Crippen molar-refractivity contribution in [2.24, 2.45) is 29.4 Å². The molecule has 7 atom stereocenters. The molecule has 4 unspecified atom stereocenters. The topological polar surface area (TPSA) is 161 Å². The van der Waals surface area contributed by atoms with Gasteiger partial charge >= 0.3 is 0 Å². The Hall–Kier alpha value is -2.66.